The minimum Gasteiger partial charge on any atom is -0.467 e. The van der Waals surface area contributed by atoms with Gasteiger partial charge in [0.25, 0.3) is 0 Å². The molecule has 0 bridgehead atoms. The summed E-state index contributed by atoms with van der Waals surface area (Å²) in [5, 5.41) is 2.37. The van der Waals surface area contributed by atoms with E-state index < -0.39 is 42.0 Å². The van der Waals surface area contributed by atoms with Gasteiger partial charge in [-0.3, -0.25) is 4.79 Å². The zero-order valence-electron chi connectivity index (χ0n) is 13.6. The van der Waals surface area contributed by atoms with Crippen molar-refractivity contribution in [2.24, 2.45) is 17.1 Å². The van der Waals surface area contributed by atoms with Crippen molar-refractivity contribution in [2.75, 3.05) is 7.11 Å². The molecule has 0 aliphatic rings. The highest BCUT2D eigenvalue weighted by molar-refractivity contribution is 5.87. The SMILES string of the molecule is COC(=O)C(CC(C)C)NC(=O)[C@H](N)CC(C)(C)C(F)(F)F. The Morgan fingerprint density at radius 1 is 1.23 bits per heavy atom. The number of hydrogen-bond donors (Lipinski definition) is 2. The summed E-state index contributed by atoms with van der Waals surface area (Å²) in [4.78, 5) is 23.5. The van der Waals surface area contributed by atoms with Crippen LogP contribution < -0.4 is 11.1 Å². The maximum absolute atomic E-state index is 12.8. The van der Waals surface area contributed by atoms with Crippen LogP contribution in [0.15, 0.2) is 0 Å². The van der Waals surface area contributed by atoms with E-state index in [-0.39, 0.29) is 5.92 Å². The summed E-state index contributed by atoms with van der Waals surface area (Å²) in [6.07, 6.45) is -4.73. The molecule has 130 valence electrons. The number of rotatable bonds is 7. The van der Waals surface area contributed by atoms with Crippen LogP contribution in [-0.4, -0.2) is 37.2 Å². The lowest BCUT2D eigenvalue weighted by Crippen LogP contribution is -2.51. The Morgan fingerprint density at radius 2 is 1.73 bits per heavy atom. The Morgan fingerprint density at radius 3 is 2.09 bits per heavy atom. The molecule has 1 amide bonds. The van der Waals surface area contributed by atoms with Gasteiger partial charge in [0, 0.05) is 0 Å². The number of halogens is 3. The molecule has 2 atom stereocenters. The number of nitrogens with one attached hydrogen (secondary N) is 1. The average molecular weight is 326 g/mol. The number of methoxy groups -OCH3 is 1. The molecule has 0 radical (unpaired) electrons. The molecule has 8 heteroatoms. The lowest BCUT2D eigenvalue weighted by atomic mass is 9.85. The maximum Gasteiger partial charge on any atom is 0.394 e. The second-order valence-corrected chi connectivity index (χ2v) is 6.41. The van der Waals surface area contributed by atoms with E-state index in [1.54, 1.807) is 0 Å². The van der Waals surface area contributed by atoms with Crippen LogP contribution in [0.25, 0.3) is 0 Å². The van der Waals surface area contributed by atoms with Crippen molar-refractivity contribution < 1.29 is 27.5 Å². The van der Waals surface area contributed by atoms with Crippen LogP contribution in [0.3, 0.4) is 0 Å². The van der Waals surface area contributed by atoms with Crippen molar-refractivity contribution >= 4 is 11.9 Å². The third kappa shape index (κ3) is 6.21. The van der Waals surface area contributed by atoms with Gasteiger partial charge in [-0.05, 0) is 18.8 Å². The minimum absolute atomic E-state index is 0.0900. The average Bonchev–Trinajstić information content (AvgIpc) is 2.34. The van der Waals surface area contributed by atoms with E-state index in [4.69, 9.17) is 5.73 Å². The number of ether oxygens (including phenoxy) is 1. The van der Waals surface area contributed by atoms with Crippen molar-refractivity contribution in [3.05, 3.63) is 0 Å². The first-order chi connectivity index (χ1) is 9.81. The summed E-state index contributed by atoms with van der Waals surface area (Å²) < 4.78 is 43.0. The summed E-state index contributed by atoms with van der Waals surface area (Å²) >= 11 is 0. The molecule has 0 aliphatic heterocycles. The highest BCUT2D eigenvalue weighted by atomic mass is 19.4. The second-order valence-electron chi connectivity index (χ2n) is 6.41. The van der Waals surface area contributed by atoms with Gasteiger partial charge < -0.3 is 15.8 Å². The number of carbonyl (C=O) groups is 2. The van der Waals surface area contributed by atoms with Gasteiger partial charge in [0.2, 0.25) is 5.91 Å². The molecule has 0 heterocycles. The lowest BCUT2D eigenvalue weighted by molar-refractivity contribution is -0.214. The van der Waals surface area contributed by atoms with E-state index in [1.165, 1.54) is 7.11 Å². The van der Waals surface area contributed by atoms with Crippen molar-refractivity contribution in [3.8, 4) is 0 Å². The van der Waals surface area contributed by atoms with Crippen molar-refractivity contribution in [1.29, 1.82) is 0 Å². The van der Waals surface area contributed by atoms with Crippen LogP contribution in [0.2, 0.25) is 0 Å². The molecule has 1 unspecified atom stereocenters. The Kier molecular flexibility index (Phi) is 7.34. The molecular formula is C14H25F3N2O3. The number of amides is 1. The molecule has 0 aromatic heterocycles. The molecule has 0 spiro atoms. The summed E-state index contributed by atoms with van der Waals surface area (Å²) in [5.41, 5.74) is 3.46. The van der Waals surface area contributed by atoms with Crippen LogP contribution in [0.1, 0.15) is 40.5 Å². The molecule has 0 fully saturated rings. The van der Waals surface area contributed by atoms with Crippen molar-refractivity contribution in [2.45, 2.75) is 58.8 Å². The Bertz CT molecular complexity index is 395. The van der Waals surface area contributed by atoms with Crippen molar-refractivity contribution in [3.63, 3.8) is 0 Å². The molecule has 0 rings (SSSR count). The predicted octanol–water partition coefficient (Wildman–Crippen LogP) is 2.00. The highest BCUT2D eigenvalue weighted by Gasteiger charge is 2.48. The van der Waals surface area contributed by atoms with E-state index in [2.05, 4.69) is 10.1 Å². The Balaban J connectivity index is 4.84. The minimum atomic E-state index is -4.47. The molecular weight excluding hydrogens is 301 g/mol. The molecule has 0 saturated carbocycles. The molecule has 0 aliphatic carbocycles. The standard InChI is InChI=1S/C14H25F3N2O3/c1-8(2)6-10(12(21)22-5)19-11(20)9(18)7-13(3,4)14(15,16)17/h8-10H,6-7,18H2,1-5H3,(H,19,20)/t9-,10?/m1/s1. The maximum atomic E-state index is 12.8. The van der Waals surface area contributed by atoms with Gasteiger partial charge in [-0.25, -0.2) is 4.79 Å². The molecule has 5 nitrogen and oxygen atoms in total. The Labute approximate surface area is 128 Å². The third-order valence-corrected chi connectivity index (χ3v) is 3.34. The summed E-state index contributed by atoms with van der Waals surface area (Å²) in [7, 11) is 1.18. The molecule has 0 aromatic carbocycles. The van der Waals surface area contributed by atoms with Crippen LogP contribution in [-0.2, 0) is 14.3 Å². The lowest BCUT2D eigenvalue weighted by Gasteiger charge is -2.30. The predicted molar refractivity (Wildman–Crippen MR) is 75.8 cm³/mol. The van der Waals surface area contributed by atoms with Crippen LogP contribution in [0, 0.1) is 11.3 Å². The van der Waals surface area contributed by atoms with Gasteiger partial charge >= 0.3 is 12.1 Å². The number of alkyl halides is 3. The first-order valence-electron chi connectivity index (χ1n) is 7.02. The van der Waals surface area contributed by atoms with Crippen LogP contribution in [0.4, 0.5) is 13.2 Å². The number of carbonyl (C=O) groups excluding carboxylic acids is 2. The van der Waals surface area contributed by atoms with E-state index in [0.29, 0.717) is 6.42 Å². The normalized spacial score (nSPS) is 15.4. The second kappa shape index (κ2) is 7.80. The quantitative estimate of drug-likeness (QED) is 0.701. The fourth-order valence-corrected chi connectivity index (χ4v) is 1.86. The van der Waals surface area contributed by atoms with Gasteiger partial charge in [-0.15, -0.1) is 0 Å². The number of esters is 1. The van der Waals surface area contributed by atoms with Gasteiger partial charge in [-0.1, -0.05) is 27.7 Å². The van der Waals surface area contributed by atoms with Crippen molar-refractivity contribution in [1.82, 2.24) is 5.32 Å². The van der Waals surface area contributed by atoms with E-state index >= 15 is 0 Å². The monoisotopic (exact) mass is 326 g/mol. The zero-order valence-corrected chi connectivity index (χ0v) is 13.6. The molecule has 3 N–H and O–H groups in total. The third-order valence-electron chi connectivity index (χ3n) is 3.34. The van der Waals surface area contributed by atoms with Gasteiger partial charge in [0.05, 0.1) is 18.6 Å². The van der Waals surface area contributed by atoms with E-state index in [9.17, 15) is 22.8 Å². The van der Waals surface area contributed by atoms with Gasteiger partial charge in [0.15, 0.2) is 0 Å². The first kappa shape index (κ1) is 20.7. The molecule has 22 heavy (non-hydrogen) atoms. The fourth-order valence-electron chi connectivity index (χ4n) is 1.86. The number of nitrogens with two attached hydrogens (primary N) is 1. The van der Waals surface area contributed by atoms with Gasteiger partial charge in [-0.2, -0.15) is 13.2 Å². The topological polar surface area (TPSA) is 81.4 Å². The zero-order chi connectivity index (χ0) is 17.7. The highest BCUT2D eigenvalue weighted by Crippen LogP contribution is 2.40. The van der Waals surface area contributed by atoms with E-state index in [0.717, 1.165) is 13.8 Å². The van der Waals surface area contributed by atoms with E-state index in [1.807, 2.05) is 13.8 Å². The number of hydrogen-bond acceptors (Lipinski definition) is 4. The summed E-state index contributed by atoms with van der Waals surface area (Å²) in [6, 6.07) is -2.28. The van der Waals surface area contributed by atoms with Crippen LogP contribution in [0.5, 0.6) is 0 Å². The largest absolute Gasteiger partial charge is 0.467 e. The summed E-state index contributed by atoms with van der Waals surface area (Å²) in [5.74, 6) is -1.36. The Hall–Kier alpha value is -1.31. The summed E-state index contributed by atoms with van der Waals surface area (Å²) in [6.45, 7) is 5.64. The van der Waals surface area contributed by atoms with Gasteiger partial charge in [0.1, 0.15) is 6.04 Å². The fraction of sp³-hybridized carbons (Fsp3) is 0.857. The molecule has 0 aromatic rings. The first-order valence-corrected chi connectivity index (χ1v) is 7.02. The van der Waals surface area contributed by atoms with Crippen LogP contribution >= 0.6 is 0 Å². The smallest absolute Gasteiger partial charge is 0.394 e. The molecule has 0 saturated heterocycles.